The molecule has 0 atom stereocenters. The predicted octanol–water partition coefficient (Wildman–Crippen LogP) is 2.28. The van der Waals surface area contributed by atoms with Crippen LogP contribution in [0.2, 0.25) is 0 Å². The molecule has 4 heterocycles. The zero-order valence-electron chi connectivity index (χ0n) is 17.5. The zero-order chi connectivity index (χ0) is 20.9. The van der Waals surface area contributed by atoms with E-state index in [0.717, 1.165) is 43.9 Å². The van der Waals surface area contributed by atoms with E-state index >= 15 is 0 Å². The van der Waals surface area contributed by atoms with Gasteiger partial charge in [-0.05, 0) is 30.2 Å². The maximum atomic E-state index is 12.4. The Morgan fingerprint density at radius 1 is 1.13 bits per heavy atom. The highest BCUT2D eigenvalue weighted by Gasteiger charge is 2.24. The fraction of sp³-hybridized carbons (Fsp3) is 0.619. The number of nitrogens with zero attached hydrogens (tertiary/aromatic N) is 5. The maximum Gasteiger partial charge on any atom is 0.264 e. The van der Waals surface area contributed by atoms with Crippen molar-refractivity contribution in [1.82, 2.24) is 24.8 Å². The Morgan fingerprint density at radius 3 is 2.60 bits per heavy atom. The van der Waals surface area contributed by atoms with Crippen LogP contribution >= 0.6 is 11.3 Å². The number of carbonyl (C=O) groups is 2. The molecule has 2 aromatic heterocycles. The molecule has 0 radical (unpaired) electrons. The highest BCUT2D eigenvalue weighted by atomic mass is 32.1. The maximum absolute atomic E-state index is 12.4. The Morgan fingerprint density at radius 2 is 1.90 bits per heavy atom. The van der Waals surface area contributed by atoms with Gasteiger partial charge >= 0.3 is 0 Å². The normalized spacial score (nSPS) is 18.7. The monoisotopic (exact) mass is 431 g/mol. The lowest BCUT2D eigenvalue weighted by molar-refractivity contribution is -0.132. The van der Waals surface area contributed by atoms with Gasteiger partial charge in [-0.25, -0.2) is 0 Å². The molecule has 2 aromatic rings. The number of amides is 2. The summed E-state index contributed by atoms with van der Waals surface area (Å²) in [6, 6.07) is 3.78. The van der Waals surface area contributed by atoms with Crippen LogP contribution in [0.25, 0.3) is 0 Å². The molecule has 2 amide bonds. The summed E-state index contributed by atoms with van der Waals surface area (Å²) in [5, 5.41) is 6.00. The van der Waals surface area contributed by atoms with Crippen LogP contribution in [-0.4, -0.2) is 75.9 Å². The molecule has 0 N–H and O–H groups in total. The third kappa shape index (κ3) is 5.26. The number of piperidine rings is 1. The first-order valence-corrected chi connectivity index (χ1v) is 11.6. The SMILES string of the molecule is CC1CCN(C(=O)CCc2nc(CN3CCN(C(=O)c4cccs4)CC3)no2)CC1. The molecule has 162 valence electrons. The van der Waals surface area contributed by atoms with E-state index in [2.05, 4.69) is 22.0 Å². The van der Waals surface area contributed by atoms with Gasteiger partial charge in [0.05, 0.1) is 11.4 Å². The van der Waals surface area contributed by atoms with Crippen molar-refractivity contribution in [2.75, 3.05) is 39.3 Å². The quantitative estimate of drug-likeness (QED) is 0.698. The fourth-order valence-electron chi connectivity index (χ4n) is 3.95. The van der Waals surface area contributed by atoms with Crippen molar-refractivity contribution in [3.8, 4) is 0 Å². The molecule has 0 aromatic carbocycles. The minimum absolute atomic E-state index is 0.110. The number of thiophene rings is 1. The second-order valence-corrected chi connectivity index (χ2v) is 9.16. The van der Waals surface area contributed by atoms with Crippen LogP contribution in [-0.2, 0) is 17.8 Å². The molecule has 4 rings (SSSR count). The number of piperazine rings is 1. The topological polar surface area (TPSA) is 82.8 Å². The number of carbonyl (C=O) groups excluding carboxylic acids is 2. The van der Waals surface area contributed by atoms with Gasteiger partial charge in [-0.15, -0.1) is 11.3 Å². The zero-order valence-corrected chi connectivity index (χ0v) is 18.3. The van der Waals surface area contributed by atoms with Crippen LogP contribution in [0.1, 0.15) is 47.6 Å². The van der Waals surface area contributed by atoms with Gasteiger partial charge in [0.2, 0.25) is 11.8 Å². The van der Waals surface area contributed by atoms with Crippen LogP contribution < -0.4 is 0 Å². The first kappa shape index (κ1) is 21.0. The average molecular weight is 432 g/mol. The fourth-order valence-corrected chi connectivity index (χ4v) is 4.64. The molecular formula is C21H29N5O3S. The van der Waals surface area contributed by atoms with Crippen molar-refractivity contribution in [2.24, 2.45) is 5.92 Å². The Labute approximate surface area is 180 Å². The van der Waals surface area contributed by atoms with Gasteiger partial charge in [0, 0.05) is 52.1 Å². The Hall–Kier alpha value is -2.26. The summed E-state index contributed by atoms with van der Waals surface area (Å²) in [5.74, 6) is 2.16. The van der Waals surface area contributed by atoms with E-state index < -0.39 is 0 Å². The first-order chi connectivity index (χ1) is 14.6. The molecule has 0 bridgehead atoms. The number of rotatable bonds is 6. The largest absolute Gasteiger partial charge is 0.343 e. The van der Waals surface area contributed by atoms with Gasteiger partial charge in [-0.3, -0.25) is 14.5 Å². The van der Waals surface area contributed by atoms with Crippen LogP contribution in [0.4, 0.5) is 0 Å². The summed E-state index contributed by atoms with van der Waals surface area (Å²) in [6.07, 6.45) is 3.08. The number of aryl methyl sites for hydroxylation is 1. The lowest BCUT2D eigenvalue weighted by Crippen LogP contribution is -2.48. The lowest BCUT2D eigenvalue weighted by Gasteiger charge is -2.33. The van der Waals surface area contributed by atoms with Crippen molar-refractivity contribution >= 4 is 23.2 Å². The van der Waals surface area contributed by atoms with E-state index in [1.165, 1.54) is 11.3 Å². The van der Waals surface area contributed by atoms with Crippen molar-refractivity contribution in [1.29, 1.82) is 0 Å². The van der Waals surface area contributed by atoms with Crippen LogP contribution in [0.15, 0.2) is 22.0 Å². The summed E-state index contributed by atoms with van der Waals surface area (Å²) >= 11 is 1.48. The van der Waals surface area contributed by atoms with E-state index in [1.54, 1.807) is 0 Å². The third-order valence-corrected chi connectivity index (χ3v) is 6.81. The van der Waals surface area contributed by atoms with Gasteiger partial charge in [0.25, 0.3) is 5.91 Å². The number of likely N-dealkylation sites (tertiary alicyclic amines) is 1. The van der Waals surface area contributed by atoms with Gasteiger partial charge in [-0.2, -0.15) is 4.98 Å². The Bertz CT molecular complexity index is 837. The molecule has 2 saturated heterocycles. The smallest absolute Gasteiger partial charge is 0.264 e. The molecule has 8 nitrogen and oxygen atoms in total. The van der Waals surface area contributed by atoms with E-state index in [4.69, 9.17) is 4.52 Å². The van der Waals surface area contributed by atoms with Crippen LogP contribution in [0.3, 0.4) is 0 Å². The molecule has 0 aliphatic carbocycles. The second kappa shape index (κ2) is 9.70. The van der Waals surface area contributed by atoms with Gasteiger partial charge < -0.3 is 14.3 Å². The molecule has 30 heavy (non-hydrogen) atoms. The van der Waals surface area contributed by atoms with E-state index in [0.29, 0.717) is 50.1 Å². The standard InChI is InChI=1S/C21H29N5O3S/c1-16-6-8-25(9-7-16)20(27)5-4-19-22-18(23-29-19)15-24-10-12-26(13-11-24)21(28)17-3-2-14-30-17/h2-3,14,16H,4-13,15H2,1H3. The van der Waals surface area contributed by atoms with Gasteiger partial charge in [0.1, 0.15) is 0 Å². The molecule has 2 aliphatic heterocycles. The molecule has 0 unspecified atom stereocenters. The van der Waals surface area contributed by atoms with Gasteiger partial charge in [-0.1, -0.05) is 18.1 Å². The van der Waals surface area contributed by atoms with Gasteiger partial charge in [0.15, 0.2) is 5.82 Å². The highest BCUT2D eigenvalue weighted by Crippen LogP contribution is 2.17. The van der Waals surface area contributed by atoms with E-state index in [-0.39, 0.29) is 11.8 Å². The number of hydrogen-bond acceptors (Lipinski definition) is 7. The van der Waals surface area contributed by atoms with Crippen LogP contribution in [0.5, 0.6) is 0 Å². The molecule has 0 saturated carbocycles. The van der Waals surface area contributed by atoms with Crippen LogP contribution in [0, 0.1) is 5.92 Å². The summed E-state index contributed by atoms with van der Waals surface area (Å²) < 4.78 is 5.35. The number of aromatic nitrogens is 2. The van der Waals surface area contributed by atoms with Crippen molar-refractivity contribution in [3.63, 3.8) is 0 Å². The molecule has 2 fully saturated rings. The highest BCUT2D eigenvalue weighted by molar-refractivity contribution is 7.12. The minimum Gasteiger partial charge on any atom is -0.343 e. The van der Waals surface area contributed by atoms with Crippen molar-refractivity contribution in [2.45, 2.75) is 39.2 Å². The summed E-state index contributed by atoms with van der Waals surface area (Å²) in [7, 11) is 0. The number of hydrogen-bond donors (Lipinski definition) is 0. The summed E-state index contributed by atoms with van der Waals surface area (Å²) in [6.45, 7) is 7.52. The second-order valence-electron chi connectivity index (χ2n) is 8.21. The van der Waals surface area contributed by atoms with E-state index in [1.807, 2.05) is 27.3 Å². The third-order valence-electron chi connectivity index (χ3n) is 5.96. The Balaban J connectivity index is 1.19. The first-order valence-electron chi connectivity index (χ1n) is 10.7. The Kier molecular flexibility index (Phi) is 6.79. The summed E-state index contributed by atoms with van der Waals surface area (Å²) in [4.78, 5) is 36.1. The molecule has 9 heteroatoms. The molecular weight excluding hydrogens is 402 g/mol. The average Bonchev–Trinajstić information content (AvgIpc) is 3.45. The molecule has 2 aliphatic rings. The van der Waals surface area contributed by atoms with Crippen molar-refractivity contribution < 1.29 is 14.1 Å². The molecule has 0 spiro atoms. The predicted molar refractivity (Wildman–Crippen MR) is 113 cm³/mol. The minimum atomic E-state index is 0.110. The van der Waals surface area contributed by atoms with Crippen molar-refractivity contribution in [3.05, 3.63) is 34.1 Å². The van der Waals surface area contributed by atoms with E-state index in [9.17, 15) is 9.59 Å². The summed E-state index contributed by atoms with van der Waals surface area (Å²) in [5.41, 5.74) is 0. The lowest BCUT2D eigenvalue weighted by atomic mass is 9.99.